The summed E-state index contributed by atoms with van der Waals surface area (Å²) in [6.07, 6.45) is 1.42. The summed E-state index contributed by atoms with van der Waals surface area (Å²) in [6, 6.07) is 14.9. The Morgan fingerprint density at radius 1 is 0.973 bits per heavy atom. The van der Waals surface area contributed by atoms with Crippen LogP contribution >= 0.6 is 43.5 Å². The SMILES string of the molecule is CCOc1cc(/C=C2\C(=O)NC(=O)N(c3ccc(Br)c(C)c3)C2=O)cc(Br)c1OCc1ccc(Cl)cc1. The van der Waals surface area contributed by atoms with E-state index in [0.29, 0.717) is 38.9 Å². The summed E-state index contributed by atoms with van der Waals surface area (Å²) in [5, 5.41) is 2.87. The molecule has 0 atom stereocenters. The summed E-state index contributed by atoms with van der Waals surface area (Å²) in [7, 11) is 0. The standard InChI is InChI=1S/C27H21Br2ClN2O5/c1-3-36-23-13-17(12-22(29)24(23)37-14-16-4-6-18(30)7-5-16)11-20-25(33)31-27(35)32(26(20)34)19-8-9-21(28)15(2)10-19/h4-13H,3,14H2,1-2H3,(H,31,33,35)/b20-11+. The van der Waals surface area contributed by atoms with Crippen molar-refractivity contribution in [2.75, 3.05) is 11.5 Å². The number of barbiturate groups is 1. The Morgan fingerprint density at radius 3 is 2.38 bits per heavy atom. The molecule has 0 bridgehead atoms. The lowest BCUT2D eigenvalue weighted by Gasteiger charge is -2.26. The van der Waals surface area contributed by atoms with E-state index in [1.165, 1.54) is 6.08 Å². The summed E-state index contributed by atoms with van der Waals surface area (Å²) in [6.45, 7) is 4.32. The van der Waals surface area contributed by atoms with Gasteiger partial charge in [0.15, 0.2) is 11.5 Å². The zero-order valence-electron chi connectivity index (χ0n) is 19.8. The molecule has 0 saturated carbocycles. The maximum Gasteiger partial charge on any atom is 0.335 e. The van der Waals surface area contributed by atoms with Crippen molar-refractivity contribution in [3.63, 3.8) is 0 Å². The lowest BCUT2D eigenvalue weighted by molar-refractivity contribution is -0.122. The molecule has 0 spiro atoms. The summed E-state index contributed by atoms with van der Waals surface area (Å²) >= 11 is 12.9. The van der Waals surface area contributed by atoms with Crippen LogP contribution in [0.25, 0.3) is 6.08 Å². The molecule has 0 aliphatic carbocycles. The fourth-order valence-corrected chi connectivity index (χ4v) is 4.58. The van der Waals surface area contributed by atoms with Crippen molar-refractivity contribution in [2.24, 2.45) is 0 Å². The third kappa shape index (κ3) is 6.06. The average molecular weight is 649 g/mol. The molecule has 1 heterocycles. The second-order valence-corrected chi connectivity index (χ2v) is 10.2. The van der Waals surface area contributed by atoms with Crippen LogP contribution < -0.4 is 19.7 Å². The smallest absolute Gasteiger partial charge is 0.335 e. The van der Waals surface area contributed by atoms with E-state index in [9.17, 15) is 14.4 Å². The maximum absolute atomic E-state index is 13.3. The highest BCUT2D eigenvalue weighted by Crippen LogP contribution is 2.38. The number of hydrogen-bond donors (Lipinski definition) is 1. The van der Waals surface area contributed by atoms with Gasteiger partial charge in [-0.3, -0.25) is 14.9 Å². The van der Waals surface area contributed by atoms with Crippen LogP contribution in [-0.2, 0) is 16.2 Å². The zero-order chi connectivity index (χ0) is 26.7. The van der Waals surface area contributed by atoms with E-state index in [2.05, 4.69) is 37.2 Å². The van der Waals surface area contributed by atoms with Crippen molar-refractivity contribution in [2.45, 2.75) is 20.5 Å². The molecule has 4 rings (SSSR count). The van der Waals surface area contributed by atoms with E-state index in [-0.39, 0.29) is 12.2 Å². The topological polar surface area (TPSA) is 84.9 Å². The zero-order valence-corrected chi connectivity index (χ0v) is 23.7. The summed E-state index contributed by atoms with van der Waals surface area (Å²) in [5.41, 5.74) is 2.42. The van der Waals surface area contributed by atoms with Gasteiger partial charge in [0, 0.05) is 9.50 Å². The van der Waals surface area contributed by atoms with Crippen molar-refractivity contribution in [3.8, 4) is 11.5 Å². The third-order valence-corrected chi connectivity index (χ3v) is 7.17. The molecule has 7 nitrogen and oxygen atoms in total. The van der Waals surface area contributed by atoms with Crippen LogP contribution in [0.2, 0.25) is 5.02 Å². The minimum absolute atomic E-state index is 0.190. The second-order valence-electron chi connectivity index (χ2n) is 8.07. The van der Waals surface area contributed by atoms with Gasteiger partial charge in [-0.05, 0) is 95.0 Å². The Hall–Kier alpha value is -3.14. The molecular weight excluding hydrogens is 628 g/mol. The molecule has 1 N–H and O–H groups in total. The number of imide groups is 2. The number of nitrogens with zero attached hydrogens (tertiary/aromatic N) is 1. The van der Waals surface area contributed by atoms with E-state index in [4.69, 9.17) is 21.1 Å². The molecule has 0 unspecified atom stereocenters. The first-order valence-electron chi connectivity index (χ1n) is 11.2. The summed E-state index contributed by atoms with van der Waals surface area (Å²) < 4.78 is 13.2. The highest BCUT2D eigenvalue weighted by Gasteiger charge is 2.37. The van der Waals surface area contributed by atoms with Crippen LogP contribution in [0.1, 0.15) is 23.6 Å². The van der Waals surface area contributed by atoms with E-state index in [1.807, 2.05) is 26.0 Å². The number of carbonyl (C=O) groups excluding carboxylic acids is 3. The lowest BCUT2D eigenvalue weighted by Crippen LogP contribution is -2.54. The Balaban J connectivity index is 1.66. The van der Waals surface area contributed by atoms with Crippen LogP contribution in [0.15, 0.2) is 69.1 Å². The molecule has 1 aliphatic heterocycles. The minimum Gasteiger partial charge on any atom is -0.490 e. The number of ether oxygens (including phenoxy) is 2. The predicted octanol–water partition coefficient (Wildman–Crippen LogP) is 6.82. The maximum atomic E-state index is 13.3. The van der Waals surface area contributed by atoms with Gasteiger partial charge in [-0.2, -0.15) is 0 Å². The molecule has 190 valence electrons. The van der Waals surface area contributed by atoms with E-state index in [1.54, 1.807) is 42.5 Å². The Bertz CT molecular complexity index is 1420. The molecule has 0 radical (unpaired) electrons. The van der Waals surface area contributed by atoms with Crippen LogP contribution in [0.4, 0.5) is 10.5 Å². The highest BCUT2D eigenvalue weighted by atomic mass is 79.9. The van der Waals surface area contributed by atoms with Gasteiger partial charge in [-0.1, -0.05) is 39.7 Å². The number of aryl methyl sites for hydroxylation is 1. The van der Waals surface area contributed by atoms with Gasteiger partial charge in [-0.25, -0.2) is 9.69 Å². The fourth-order valence-electron chi connectivity index (χ4n) is 3.64. The van der Waals surface area contributed by atoms with Gasteiger partial charge in [0.2, 0.25) is 0 Å². The number of carbonyl (C=O) groups is 3. The van der Waals surface area contributed by atoms with Crippen molar-refractivity contribution < 1.29 is 23.9 Å². The van der Waals surface area contributed by atoms with Crippen LogP contribution in [0.3, 0.4) is 0 Å². The lowest BCUT2D eigenvalue weighted by atomic mass is 10.1. The Labute approximate surface area is 235 Å². The number of benzene rings is 3. The number of amides is 4. The van der Waals surface area contributed by atoms with Crippen LogP contribution in [0, 0.1) is 6.92 Å². The molecule has 37 heavy (non-hydrogen) atoms. The third-order valence-electron chi connectivity index (χ3n) is 5.44. The summed E-state index contributed by atoms with van der Waals surface area (Å²) in [4.78, 5) is 39.4. The number of hydrogen-bond acceptors (Lipinski definition) is 5. The molecule has 4 amide bonds. The van der Waals surface area contributed by atoms with Gasteiger partial charge >= 0.3 is 6.03 Å². The highest BCUT2D eigenvalue weighted by molar-refractivity contribution is 9.10. The van der Waals surface area contributed by atoms with E-state index < -0.39 is 17.8 Å². The molecule has 10 heteroatoms. The summed E-state index contributed by atoms with van der Waals surface area (Å²) in [5.74, 6) is -0.608. The van der Waals surface area contributed by atoms with Crippen molar-refractivity contribution in [1.82, 2.24) is 5.32 Å². The predicted molar refractivity (Wildman–Crippen MR) is 149 cm³/mol. The molecule has 0 aromatic heterocycles. The molecule has 3 aromatic carbocycles. The monoisotopic (exact) mass is 646 g/mol. The van der Waals surface area contributed by atoms with E-state index >= 15 is 0 Å². The average Bonchev–Trinajstić information content (AvgIpc) is 2.84. The van der Waals surface area contributed by atoms with E-state index in [0.717, 1.165) is 20.5 Å². The number of urea groups is 1. The minimum atomic E-state index is -0.809. The van der Waals surface area contributed by atoms with Gasteiger partial charge in [0.05, 0.1) is 16.8 Å². The second kappa shape index (κ2) is 11.5. The fraction of sp³-hybridized carbons (Fsp3) is 0.148. The largest absolute Gasteiger partial charge is 0.490 e. The normalized spacial score (nSPS) is 14.7. The van der Waals surface area contributed by atoms with Gasteiger partial charge in [0.25, 0.3) is 11.8 Å². The molecule has 3 aromatic rings. The molecule has 1 fully saturated rings. The van der Waals surface area contributed by atoms with Gasteiger partial charge in [0.1, 0.15) is 12.2 Å². The van der Waals surface area contributed by atoms with Crippen molar-refractivity contribution in [1.29, 1.82) is 0 Å². The van der Waals surface area contributed by atoms with Gasteiger partial charge in [-0.15, -0.1) is 0 Å². The molecule has 1 saturated heterocycles. The first-order chi connectivity index (χ1) is 17.7. The first kappa shape index (κ1) is 26.9. The quantitative estimate of drug-likeness (QED) is 0.225. The van der Waals surface area contributed by atoms with Crippen LogP contribution in [0.5, 0.6) is 11.5 Å². The Morgan fingerprint density at radius 2 is 1.70 bits per heavy atom. The van der Waals surface area contributed by atoms with Crippen molar-refractivity contribution >= 4 is 73.1 Å². The van der Waals surface area contributed by atoms with Gasteiger partial charge < -0.3 is 9.47 Å². The number of rotatable bonds is 7. The number of halogens is 3. The molecule has 1 aliphatic rings. The number of nitrogens with one attached hydrogen (secondary N) is 1. The van der Waals surface area contributed by atoms with Crippen LogP contribution in [-0.4, -0.2) is 24.5 Å². The first-order valence-corrected chi connectivity index (χ1v) is 13.2. The van der Waals surface area contributed by atoms with Crippen molar-refractivity contribution in [3.05, 3.63) is 90.8 Å². The molecular formula is C27H21Br2ClN2O5. The number of anilines is 1. The Kier molecular flexibility index (Phi) is 8.36.